The van der Waals surface area contributed by atoms with Crippen LogP contribution in [0.25, 0.3) is 0 Å². The number of methoxy groups -OCH3 is 1. The van der Waals surface area contributed by atoms with Crippen LogP contribution in [0.4, 0.5) is 11.4 Å². The lowest BCUT2D eigenvalue weighted by molar-refractivity contribution is -0.384. The molecule has 3 rings (SSSR count). The highest BCUT2D eigenvalue weighted by molar-refractivity contribution is 5.97. The van der Waals surface area contributed by atoms with E-state index in [1.54, 1.807) is 18.5 Å². The van der Waals surface area contributed by atoms with Crippen molar-refractivity contribution >= 4 is 17.3 Å². The molecule has 1 atom stereocenters. The van der Waals surface area contributed by atoms with Crippen molar-refractivity contribution in [2.75, 3.05) is 12.4 Å². The van der Waals surface area contributed by atoms with Gasteiger partial charge in [0.1, 0.15) is 5.75 Å². The second-order valence-electron chi connectivity index (χ2n) is 5.43. The Morgan fingerprint density at radius 1 is 1.23 bits per heavy atom. The molecule has 0 saturated carbocycles. The van der Waals surface area contributed by atoms with Crippen molar-refractivity contribution in [3.05, 3.63) is 82.7 Å². The predicted molar refractivity (Wildman–Crippen MR) is 95.1 cm³/mol. The number of rotatable bonds is 6. The summed E-state index contributed by atoms with van der Waals surface area (Å²) in [4.78, 5) is 23.5. The van der Waals surface area contributed by atoms with Crippen molar-refractivity contribution in [1.29, 1.82) is 0 Å². The van der Waals surface area contributed by atoms with Gasteiger partial charge in [0.05, 0.1) is 17.7 Å². The number of non-ortho nitro benzene ring substituents is 1. The Morgan fingerprint density at radius 3 is 2.62 bits per heavy atom. The maximum absolute atomic E-state index is 13.0. The molecule has 0 radical (unpaired) electrons. The first-order valence-electron chi connectivity index (χ1n) is 7.77. The summed E-state index contributed by atoms with van der Waals surface area (Å²) in [5.74, 6) is -0.0603. The number of nitro benzene ring substituents is 1. The molecule has 0 fully saturated rings. The van der Waals surface area contributed by atoms with Crippen LogP contribution in [-0.4, -0.2) is 27.7 Å². The number of benzene rings is 2. The summed E-state index contributed by atoms with van der Waals surface area (Å²) in [5, 5.41) is 17.9. The van der Waals surface area contributed by atoms with E-state index in [4.69, 9.17) is 4.74 Å². The van der Waals surface area contributed by atoms with Crippen LogP contribution in [0, 0.1) is 10.1 Å². The quantitative estimate of drug-likeness (QED) is 0.543. The molecule has 0 aliphatic heterocycles. The molecule has 3 aromatic rings. The SMILES string of the molecule is COc1ccc([N+](=O)[O-])cc1NC(=O)[C@@H](c1ccccc1)n1cccn1. The number of hydrogen-bond donors (Lipinski definition) is 1. The van der Waals surface area contributed by atoms with E-state index in [1.807, 2.05) is 30.3 Å². The van der Waals surface area contributed by atoms with Gasteiger partial charge in [0, 0.05) is 24.5 Å². The minimum Gasteiger partial charge on any atom is -0.495 e. The Hall–Kier alpha value is -3.68. The highest BCUT2D eigenvalue weighted by Gasteiger charge is 2.24. The fourth-order valence-electron chi connectivity index (χ4n) is 2.60. The molecule has 2 aromatic carbocycles. The topological polar surface area (TPSA) is 99.3 Å². The first-order chi connectivity index (χ1) is 12.6. The van der Waals surface area contributed by atoms with Gasteiger partial charge in [-0.3, -0.25) is 19.6 Å². The Morgan fingerprint density at radius 2 is 2.00 bits per heavy atom. The number of ether oxygens (including phenoxy) is 1. The monoisotopic (exact) mass is 352 g/mol. The van der Waals surface area contributed by atoms with Gasteiger partial charge >= 0.3 is 0 Å². The fraction of sp³-hybridized carbons (Fsp3) is 0.111. The highest BCUT2D eigenvalue weighted by Crippen LogP contribution is 2.30. The van der Waals surface area contributed by atoms with Gasteiger partial charge in [-0.25, -0.2) is 0 Å². The smallest absolute Gasteiger partial charge is 0.271 e. The number of amides is 1. The summed E-state index contributed by atoms with van der Waals surface area (Å²) in [7, 11) is 1.43. The molecule has 0 bridgehead atoms. The van der Waals surface area contributed by atoms with Gasteiger partial charge < -0.3 is 10.1 Å². The van der Waals surface area contributed by atoms with Crippen LogP contribution < -0.4 is 10.1 Å². The van der Waals surface area contributed by atoms with Gasteiger partial charge in [0.25, 0.3) is 11.6 Å². The normalized spacial score (nSPS) is 11.6. The van der Waals surface area contributed by atoms with Crippen molar-refractivity contribution < 1.29 is 14.5 Å². The fourth-order valence-corrected chi connectivity index (χ4v) is 2.60. The third-order valence-corrected chi connectivity index (χ3v) is 3.80. The van der Waals surface area contributed by atoms with Crippen LogP contribution in [0.2, 0.25) is 0 Å². The summed E-state index contributed by atoms with van der Waals surface area (Å²) in [6.45, 7) is 0. The highest BCUT2D eigenvalue weighted by atomic mass is 16.6. The third-order valence-electron chi connectivity index (χ3n) is 3.80. The predicted octanol–water partition coefficient (Wildman–Crippen LogP) is 3.03. The molecule has 0 spiro atoms. The number of nitrogens with one attached hydrogen (secondary N) is 1. The van der Waals surface area contributed by atoms with Crippen molar-refractivity contribution in [1.82, 2.24) is 9.78 Å². The first kappa shape index (κ1) is 17.2. The van der Waals surface area contributed by atoms with Crippen LogP contribution >= 0.6 is 0 Å². The Kier molecular flexibility index (Phi) is 4.93. The van der Waals surface area contributed by atoms with E-state index < -0.39 is 16.9 Å². The molecule has 1 amide bonds. The van der Waals surface area contributed by atoms with Crippen molar-refractivity contribution in [2.24, 2.45) is 0 Å². The minimum absolute atomic E-state index is 0.142. The van der Waals surface area contributed by atoms with E-state index in [0.29, 0.717) is 5.75 Å². The van der Waals surface area contributed by atoms with Crippen molar-refractivity contribution in [3.8, 4) is 5.75 Å². The molecule has 1 aromatic heterocycles. The van der Waals surface area contributed by atoms with Crippen LogP contribution in [0.15, 0.2) is 67.0 Å². The molecule has 8 nitrogen and oxygen atoms in total. The molecule has 0 aliphatic carbocycles. The molecule has 26 heavy (non-hydrogen) atoms. The Balaban J connectivity index is 1.96. The minimum atomic E-state index is -0.727. The number of aromatic nitrogens is 2. The molecular weight excluding hydrogens is 336 g/mol. The first-order valence-corrected chi connectivity index (χ1v) is 7.77. The number of carbonyl (C=O) groups is 1. The molecule has 8 heteroatoms. The average molecular weight is 352 g/mol. The van der Waals surface area contributed by atoms with E-state index in [2.05, 4.69) is 10.4 Å². The Labute approximate surface area is 149 Å². The number of hydrogen-bond acceptors (Lipinski definition) is 5. The van der Waals surface area contributed by atoms with Gasteiger partial charge in [0.2, 0.25) is 0 Å². The van der Waals surface area contributed by atoms with E-state index in [-0.39, 0.29) is 11.4 Å². The van der Waals surface area contributed by atoms with Gasteiger partial charge in [-0.1, -0.05) is 30.3 Å². The standard InChI is InChI=1S/C18H16N4O4/c1-26-16-9-8-14(22(24)25)12-15(16)20-18(23)17(21-11-5-10-19-21)13-6-3-2-4-7-13/h2-12,17H,1H3,(H,20,23)/t17-/m1/s1. The Bertz CT molecular complexity index is 910. The van der Waals surface area contributed by atoms with E-state index in [0.717, 1.165) is 5.56 Å². The maximum atomic E-state index is 13.0. The molecule has 1 heterocycles. The van der Waals surface area contributed by atoms with Crippen LogP contribution in [0.3, 0.4) is 0 Å². The lowest BCUT2D eigenvalue weighted by Crippen LogP contribution is -2.27. The summed E-state index contributed by atoms with van der Waals surface area (Å²) < 4.78 is 6.72. The second-order valence-corrected chi connectivity index (χ2v) is 5.43. The molecule has 0 saturated heterocycles. The van der Waals surface area contributed by atoms with E-state index in [9.17, 15) is 14.9 Å². The van der Waals surface area contributed by atoms with Gasteiger partial charge in [-0.05, 0) is 17.7 Å². The van der Waals surface area contributed by atoms with Gasteiger partial charge in [-0.2, -0.15) is 5.10 Å². The number of nitro groups is 1. The zero-order chi connectivity index (χ0) is 18.5. The van der Waals surface area contributed by atoms with Crippen LogP contribution in [-0.2, 0) is 4.79 Å². The lowest BCUT2D eigenvalue weighted by Gasteiger charge is -2.18. The summed E-state index contributed by atoms with van der Waals surface area (Å²) in [6.07, 6.45) is 3.26. The summed E-state index contributed by atoms with van der Waals surface area (Å²) >= 11 is 0. The molecule has 132 valence electrons. The average Bonchev–Trinajstić information content (AvgIpc) is 3.17. The van der Waals surface area contributed by atoms with E-state index >= 15 is 0 Å². The lowest BCUT2D eigenvalue weighted by atomic mass is 10.1. The van der Waals surface area contributed by atoms with Crippen LogP contribution in [0.1, 0.15) is 11.6 Å². The zero-order valence-corrected chi connectivity index (χ0v) is 13.9. The molecular formula is C18H16N4O4. The maximum Gasteiger partial charge on any atom is 0.271 e. The third kappa shape index (κ3) is 3.54. The number of anilines is 1. The summed E-state index contributed by atoms with van der Waals surface area (Å²) in [6, 6.07) is 14.2. The van der Waals surface area contributed by atoms with Crippen molar-refractivity contribution in [3.63, 3.8) is 0 Å². The van der Waals surface area contributed by atoms with Gasteiger partial charge in [-0.15, -0.1) is 0 Å². The molecule has 0 aliphatic rings. The summed E-state index contributed by atoms with van der Waals surface area (Å²) in [5.41, 5.74) is 0.814. The van der Waals surface area contributed by atoms with Gasteiger partial charge in [0.15, 0.2) is 6.04 Å². The van der Waals surface area contributed by atoms with Crippen LogP contribution in [0.5, 0.6) is 5.75 Å². The van der Waals surface area contributed by atoms with E-state index in [1.165, 1.54) is 30.0 Å². The molecule has 1 N–H and O–H groups in total. The second kappa shape index (κ2) is 7.47. The zero-order valence-electron chi connectivity index (χ0n) is 13.9. The number of nitrogens with zero attached hydrogens (tertiary/aromatic N) is 3. The largest absolute Gasteiger partial charge is 0.495 e. The molecule has 0 unspecified atom stereocenters. The van der Waals surface area contributed by atoms with Crippen molar-refractivity contribution in [2.45, 2.75) is 6.04 Å². The number of carbonyl (C=O) groups excluding carboxylic acids is 1.